The molecule has 0 aliphatic carbocycles. The summed E-state index contributed by atoms with van der Waals surface area (Å²) >= 11 is 0. The van der Waals surface area contributed by atoms with Crippen molar-refractivity contribution in [2.75, 3.05) is 26.9 Å². The van der Waals surface area contributed by atoms with Crippen molar-refractivity contribution in [2.24, 2.45) is 5.16 Å². The van der Waals surface area contributed by atoms with E-state index in [2.05, 4.69) is 10.3 Å². The number of aryl methyl sites for hydroxylation is 2. The Kier molecular flexibility index (Phi) is 9.77. The van der Waals surface area contributed by atoms with E-state index >= 15 is 0 Å². The Morgan fingerprint density at radius 2 is 1.73 bits per heavy atom. The van der Waals surface area contributed by atoms with Crippen LogP contribution in [0.3, 0.4) is 0 Å². The van der Waals surface area contributed by atoms with Gasteiger partial charge in [-0.2, -0.15) is 0 Å². The van der Waals surface area contributed by atoms with Crippen LogP contribution in [-0.4, -0.2) is 37.8 Å². The number of hydrogen-bond donors (Lipinski definition) is 0. The molecule has 0 aliphatic rings. The van der Waals surface area contributed by atoms with Crippen molar-refractivity contribution in [3.8, 4) is 17.4 Å². The number of ether oxygens (including phenoxy) is 3. The minimum atomic E-state index is 0.454. The highest BCUT2D eigenvalue weighted by Crippen LogP contribution is 2.28. The van der Waals surface area contributed by atoms with Crippen molar-refractivity contribution in [1.29, 1.82) is 0 Å². The Balaban J connectivity index is 1.66. The number of oxime groups is 1. The highest BCUT2D eigenvalue weighted by molar-refractivity contribution is 5.95. The molecular weight excluding hydrogens is 384 g/mol. The molecule has 0 spiro atoms. The van der Waals surface area contributed by atoms with Crippen LogP contribution in [0.25, 0.3) is 0 Å². The molecular formula is C23H32N2O5. The van der Waals surface area contributed by atoms with Gasteiger partial charge >= 0.3 is 0 Å². The van der Waals surface area contributed by atoms with Gasteiger partial charge in [0.05, 0.1) is 19.3 Å². The number of unbranched alkanes of at least 4 members (excludes halogenated alkanes) is 2. The van der Waals surface area contributed by atoms with Gasteiger partial charge in [0.25, 0.3) is 5.88 Å². The molecule has 0 saturated carbocycles. The molecule has 0 amide bonds. The Labute approximate surface area is 178 Å². The Morgan fingerprint density at radius 3 is 2.40 bits per heavy atom. The summed E-state index contributed by atoms with van der Waals surface area (Å²) in [6.45, 7) is 9.67. The van der Waals surface area contributed by atoms with E-state index in [1.54, 1.807) is 13.0 Å². The number of rotatable bonds is 13. The fourth-order valence-electron chi connectivity index (χ4n) is 2.87. The van der Waals surface area contributed by atoms with E-state index < -0.39 is 0 Å². The highest BCUT2D eigenvalue weighted by atomic mass is 16.6. The summed E-state index contributed by atoms with van der Waals surface area (Å²) < 4.78 is 22.5. The molecule has 1 aromatic heterocycles. The molecule has 7 heteroatoms. The smallest absolute Gasteiger partial charge is 0.254 e. The van der Waals surface area contributed by atoms with Gasteiger partial charge in [-0.15, -0.1) is 0 Å². The van der Waals surface area contributed by atoms with Gasteiger partial charge in [0.1, 0.15) is 30.9 Å². The van der Waals surface area contributed by atoms with E-state index in [1.165, 1.54) is 7.11 Å². The molecule has 2 rings (SSSR count). The predicted octanol–water partition coefficient (Wildman–Crippen LogP) is 5.24. The van der Waals surface area contributed by atoms with E-state index in [4.69, 9.17) is 23.6 Å². The summed E-state index contributed by atoms with van der Waals surface area (Å²) in [5.41, 5.74) is 2.78. The number of benzene rings is 1. The van der Waals surface area contributed by atoms with Crippen LogP contribution in [0.4, 0.5) is 0 Å². The van der Waals surface area contributed by atoms with E-state index in [1.807, 2.05) is 45.1 Å². The van der Waals surface area contributed by atoms with Crippen molar-refractivity contribution in [1.82, 2.24) is 5.16 Å². The third kappa shape index (κ3) is 7.46. The van der Waals surface area contributed by atoms with Crippen LogP contribution < -0.4 is 14.2 Å². The number of nitrogens with zero attached hydrogens (tertiary/aromatic N) is 2. The SMILES string of the molecule is C/C=C/COc1cc(C)c(OCCCCCOc2cc(/C(C)=N/OC)on2)c(C)c1. The van der Waals surface area contributed by atoms with Crippen molar-refractivity contribution in [3.05, 3.63) is 47.2 Å². The van der Waals surface area contributed by atoms with Crippen LogP contribution in [0.1, 0.15) is 50.0 Å². The van der Waals surface area contributed by atoms with Gasteiger partial charge in [0.2, 0.25) is 0 Å². The quantitative estimate of drug-likeness (QED) is 0.192. The second-order valence-corrected chi connectivity index (χ2v) is 6.91. The second-order valence-electron chi connectivity index (χ2n) is 6.91. The summed E-state index contributed by atoms with van der Waals surface area (Å²) in [7, 11) is 1.49. The molecule has 0 aliphatic heterocycles. The molecule has 0 fully saturated rings. The maximum Gasteiger partial charge on any atom is 0.254 e. The van der Waals surface area contributed by atoms with Gasteiger partial charge in [-0.25, -0.2) is 0 Å². The molecule has 0 saturated heterocycles. The minimum absolute atomic E-state index is 0.454. The summed E-state index contributed by atoms with van der Waals surface area (Å²) in [6, 6.07) is 5.74. The molecule has 7 nitrogen and oxygen atoms in total. The van der Waals surface area contributed by atoms with Crippen molar-refractivity contribution in [2.45, 2.75) is 47.0 Å². The van der Waals surface area contributed by atoms with Gasteiger partial charge in [-0.05, 0) is 75.4 Å². The Morgan fingerprint density at radius 1 is 1.03 bits per heavy atom. The fraction of sp³-hybridized carbons (Fsp3) is 0.478. The zero-order valence-electron chi connectivity index (χ0n) is 18.6. The zero-order valence-corrected chi connectivity index (χ0v) is 18.6. The highest BCUT2D eigenvalue weighted by Gasteiger charge is 2.09. The molecule has 30 heavy (non-hydrogen) atoms. The zero-order chi connectivity index (χ0) is 21.8. The Bertz CT molecular complexity index is 819. The molecule has 0 bridgehead atoms. The maximum atomic E-state index is 6.00. The number of aromatic nitrogens is 1. The first-order valence-electron chi connectivity index (χ1n) is 10.2. The summed E-state index contributed by atoms with van der Waals surface area (Å²) in [5, 5.41) is 7.67. The maximum absolute atomic E-state index is 6.00. The average Bonchev–Trinajstić information content (AvgIpc) is 3.18. The van der Waals surface area contributed by atoms with Crippen molar-refractivity contribution in [3.63, 3.8) is 0 Å². The molecule has 0 N–H and O–H groups in total. The lowest BCUT2D eigenvalue weighted by Crippen LogP contribution is -2.03. The first kappa shape index (κ1) is 23.3. The summed E-state index contributed by atoms with van der Waals surface area (Å²) in [4.78, 5) is 4.71. The normalized spacial score (nSPS) is 11.7. The van der Waals surface area contributed by atoms with Crippen LogP contribution in [0.15, 0.2) is 40.0 Å². The van der Waals surface area contributed by atoms with Gasteiger partial charge in [0.15, 0.2) is 5.76 Å². The van der Waals surface area contributed by atoms with Gasteiger partial charge in [-0.3, -0.25) is 0 Å². The van der Waals surface area contributed by atoms with E-state index in [-0.39, 0.29) is 0 Å². The topological polar surface area (TPSA) is 75.3 Å². The fourth-order valence-corrected chi connectivity index (χ4v) is 2.87. The molecule has 1 aromatic carbocycles. The number of allylic oxidation sites excluding steroid dienone is 1. The number of hydrogen-bond acceptors (Lipinski definition) is 7. The molecule has 2 aromatic rings. The Hall–Kier alpha value is -2.96. The first-order valence-corrected chi connectivity index (χ1v) is 10.2. The largest absolute Gasteiger partial charge is 0.493 e. The lowest BCUT2D eigenvalue weighted by molar-refractivity contribution is 0.212. The third-order valence-corrected chi connectivity index (χ3v) is 4.37. The lowest BCUT2D eigenvalue weighted by atomic mass is 10.1. The molecule has 1 heterocycles. The first-order chi connectivity index (χ1) is 14.5. The second kappa shape index (κ2) is 12.6. The van der Waals surface area contributed by atoms with Crippen LogP contribution in [0.5, 0.6) is 17.4 Å². The average molecular weight is 417 g/mol. The summed E-state index contributed by atoms with van der Waals surface area (Å²) in [6.07, 6.45) is 6.82. The molecule has 0 unspecified atom stereocenters. The molecule has 0 radical (unpaired) electrons. The van der Waals surface area contributed by atoms with E-state index in [0.717, 1.165) is 41.9 Å². The van der Waals surface area contributed by atoms with Crippen molar-refractivity contribution < 1.29 is 23.6 Å². The standard InChI is InChI=1S/C23H32N2O5/c1-6-7-11-27-20-14-17(2)23(18(3)15-20)29-13-10-8-9-12-28-22-16-21(30-25-22)19(4)24-26-5/h6-7,14-16H,8-13H2,1-5H3/b7-6+,24-19+. The lowest BCUT2D eigenvalue weighted by Gasteiger charge is -2.14. The monoisotopic (exact) mass is 416 g/mol. The molecule has 164 valence electrons. The third-order valence-electron chi connectivity index (χ3n) is 4.37. The molecule has 0 atom stereocenters. The predicted molar refractivity (Wildman–Crippen MR) is 117 cm³/mol. The van der Waals surface area contributed by atoms with E-state index in [9.17, 15) is 0 Å². The summed E-state index contributed by atoms with van der Waals surface area (Å²) in [5.74, 6) is 2.79. The van der Waals surface area contributed by atoms with E-state index in [0.29, 0.717) is 37.2 Å². The van der Waals surface area contributed by atoms with Gasteiger partial charge in [-0.1, -0.05) is 17.3 Å². The van der Waals surface area contributed by atoms with Gasteiger partial charge < -0.3 is 23.6 Å². The van der Waals surface area contributed by atoms with Crippen LogP contribution >= 0.6 is 0 Å². The minimum Gasteiger partial charge on any atom is -0.493 e. The van der Waals surface area contributed by atoms with Crippen LogP contribution in [0.2, 0.25) is 0 Å². The van der Waals surface area contributed by atoms with Crippen LogP contribution in [-0.2, 0) is 4.84 Å². The van der Waals surface area contributed by atoms with Gasteiger partial charge in [0, 0.05) is 0 Å². The van der Waals surface area contributed by atoms with Crippen molar-refractivity contribution >= 4 is 5.71 Å². The van der Waals surface area contributed by atoms with Crippen LogP contribution in [0, 0.1) is 13.8 Å².